The van der Waals surface area contributed by atoms with Crippen LogP contribution in [0.1, 0.15) is 25.3 Å². The van der Waals surface area contributed by atoms with Crippen LogP contribution in [0.3, 0.4) is 0 Å². The highest BCUT2D eigenvalue weighted by atomic mass is 16.5. The van der Waals surface area contributed by atoms with Gasteiger partial charge in [0.05, 0.1) is 13.7 Å². The third-order valence-electron chi connectivity index (χ3n) is 3.48. The lowest BCUT2D eigenvalue weighted by Gasteiger charge is -2.15. The number of nitrogens with one attached hydrogen (secondary N) is 1. The Hall–Kier alpha value is -2.83. The van der Waals surface area contributed by atoms with E-state index in [2.05, 4.69) is 5.32 Å². The van der Waals surface area contributed by atoms with Gasteiger partial charge in [0.2, 0.25) is 0 Å². The minimum absolute atomic E-state index is 0.196. The van der Waals surface area contributed by atoms with Gasteiger partial charge in [-0.05, 0) is 37.1 Å². The van der Waals surface area contributed by atoms with Gasteiger partial charge in [-0.15, -0.1) is 0 Å². The molecule has 2 rings (SSSR count). The molecular weight excluding hydrogens is 312 g/mol. The van der Waals surface area contributed by atoms with Gasteiger partial charge in [-0.25, -0.2) is 4.79 Å². The molecule has 3 amide bonds. The number of esters is 1. The molecule has 0 bridgehead atoms. The van der Waals surface area contributed by atoms with Crippen LogP contribution in [0.5, 0.6) is 5.75 Å². The van der Waals surface area contributed by atoms with Crippen LogP contribution in [0.2, 0.25) is 0 Å². The number of amides is 3. The van der Waals surface area contributed by atoms with E-state index in [4.69, 9.17) is 9.47 Å². The fraction of sp³-hybridized carbons (Fsp3) is 0.353. The number of carbonyl (C=O) groups excluding carboxylic acids is 3. The van der Waals surface area contributed by atoms with Gasteiger partial charge in [0.25, 0.3) is 5.91 Å². The number of rotatable bonds is 7. The van der Waals surface area contributed by atoms with Crippen molar-refractivity contribution >= 4 is 24.0 Å². The number of hydrogen-bond donors (Lipinski definition) is 1. The van der Waals surface area contributed by atoms with Crippen molar-refractivity contribution in [1.82, 2.24) is 10.2 Å². The molecule has 7 nitrogen and oxygen atoms in total. The lowest BCUT2D eigenvalue weighted by molar-refractivity contribution is -0.143. The molecule has 1 aliphatic heterocycles. The quantitative estimate of drug-likeness (QED) is 0.468. The van der Waals surface area contributed by atoms with Crippen LogP contribution < -0.4 is 10.1 Å². The van der Waals surface area contributed by atoms with Crippen LogP contribution in [0, 0.1) is 0 Å². The Kier molecular flexibility index (Phi) is 5.95. The van der Waals surface area contributed by atoms with E-state index in [-0.39, 0.29) is 24.6 Å². The van der Waals surface area contributed by atoms with Crippen LogP contribution >= 0.6 is 0 Å². The van der Waals surface area contributed by atoms with Crippen molar-refractivity contribution in [3.05, 3.63) is 35.5 Å². The van der Waals surface area contributed by atoms with Crippen molar-refractivity contribution < 1.29 is 23.9 Å². The third kappa shape index (κ3) is 4.34. The molecule has 1 heterocycles. The van der Waals surface area contributed by atoms with Crippen molar-refractivity contribution in [2.45, 2.75) is 19.8 Å². The Morgan fingerprint density at radius 2 is 1.96 bits per heavy atom. The molecule has 0 saturated carbocycles. The number of urea groups is 1. The van der Waals surface area contributed by atoms with Gasteiger partial charge in [-0.2, -0.15) is 0 Å². The minimum Gasteiger partial charge on any atom is -0.497 e. The molecule has 1 fully saturated rings. The van der Waals surface area contributed by atoms with Crippen LogP contribution in [0.4, 0.5) is 4.79 Å². The van der Waals surface area contributed by atoms with E-state index in [1.165, 1.54) is 4.90 Å². The van der Waals surface area contributed by atoms with Crippen LogP contribution in [0.25, 0.3) is 6.08 Å². The molecule has 0 atom stereocenters. The van der Waals surface area contributed by atoms with Crippen molar-refractivity contribution in [1.29, 1.82) is 0 Å². The number of ether oxygens (including phenoxy) is 2. The number of imide groups is 1. The number of nitrogens with zero attached hydrogens (tertiary/aromatic N) is 1. The molecule has 0 aliphatic carbocycles. The molecular formula is C17H20N2O5. The second-order valence-corrected chi connectivity index (χ2v) is 5.12. The van der Waals surface area contributed by atoms with E-state index in [9.17, 15) is 14.4 Å². The Bertz CT molecular complexity index is 651. The maximum absolute atomic E-state index is 12.0. The second kappa shape index (κ2) is 8.14. The van der Waals surface area contributed by atoms with Crippen molar-refractivity contribution in [3.8, 4) is 5.75 Å². The highest BCUT2D eigenvalue weighted by Crippen LogP contribution is 2.19. The Balaban J connectivity index is 2.07. The molecule has 1 N–H and O–H groups in total. The lowest BCUT2D eigenvalue weighted by Crippen LogP contribution is -2.29. The number of benzene rings is 1. The predicted octanol–water partition coefficient (Wildman–Crippen LogP) is 1.93. The standard InChI is InChI=1S/C17H20N2O5/c1-3-24-15(20)5-4-10-19-14(16(21)18-17(19)22)11-12-6-8-13(23-2)9-7-12/h6-9,11H,3-5,10H2,1-2H3,(H,18,21,22). The summed E-state index contributed by atoms with van der Waals surface area (Å²) < 4.78 is 9.93. The predicted molar refractivity (Wildman–Crippen MR) is 87.1 cm³/mol. The summed E-state index contributed by atoms with van der Waals surface area (Å²) in [6.45, 7) is 2.32. The number of methoxy groups -OCH3 is 1. The summed E-state index contributed by atoms with van der Waals surface area (Å²) in [5, 5.41) is 2.26. The fourth-order valence-electron chi connectivity index (χ4n) is 2.30. The van der Waals surface area contributed by atoms with E-state index in [0.717, 1.165) is 5.56 Å². The molecule has 7 heteroatoms. The van der Waals surface area contributed by atoms with Crippen LogP contribution in [0.15, 0.2) is 30.0 Å². The molecule has 1 aliphatic rings. The Labute approximate surface area is 140 Å². The van der Waals surface area contributed by atoms with Gasteiger partial charge in [-0.3, -0.25) is 19.8 Å². The van der Waals surface area contributed by atoms with Crippen molar-refractivity contribution in [3.63, 3.8) is 0 Å². The summed E-state index contributed by atoms with van der Waals surface area (Å²) in [7, 11) is 1.57. The fourth-order valence-corrected chi connectivity index (χ4v) is 2.30. The molecule has 1 saturated heterocycles. The van der Waals surface area contributed by atoms with Gasteiger partial charge in [0, 0.05) is 13.0 Å². The van der Waals surface area contributed by atoms with E-state index in [0.29, 0.717) is 18.8 Å². The van der Waals surface area contributed by atoms with Gasteiger partial charge in [0.15, 0.2) is 0 Å². The summed E-state index contributed by atoms with van der Waals surface area (Å²) in [6, 6.07) is 6.64. The first-order chi connectivity index (χ1) is 11.5. The summed E-state index contributed by atoms with van der Waals surface area (Å²) in [4.78, 5) is 36.6. The largest absolute Gasteiger partial charge is 0.497 e. The summed E-state index contributed by atoms with van der Waals surface area (Å²) in [5.41, 5.74) is 1.03. The Morgan fingerprint density at radius 1 is 1.25 bits per heavy atom. The molecule has 0 spiro atoms. The third-order valence-corrected chi connectivity index (χ3v) is 3.48. The van der Waals surface area contributed by atoms with Gasteiger partial charge in [0.1, 0.15) is 11.4 Å². The minimum atomic E-state index is -0.483. The molecule has 128 valence electrons. The Morgan fingerprint density at radius 3 is 2.58 bits per heavy atom. The van der Waals surface area contributed by atoms with E-state index in [1.54, 1.807) is 44.4 Å². The first kappa shape index (κ1) is 17.5. The smallest absolute Gasteiger partial charge is 0.329 e. The maximum Gasteiger partial charge on any atom is 0.329 e. The molecule has 0 aromatic heterocycles. The number of carbonyl (C=O) groups is 3. The summed E-state index contributed by atoms with van der Waals surface area (Å²) in [6.07, 6.45) is 2.24. The first-order valence-electron chi connectivity index (χ1n) is 7.69. The zero-order chi connectivity index (χ0) is 17.5. The summed E-state index contributed by atoms with van der Waals surface area (Å²) >= 11 is 0. The van der Waals surface area contributed by atoms with E-state index >= 15 is 0 Å². The topological polar surface area (TPSA) is 84.9 Å². The normalized spacial score (nSPS) is 15.6. The lowest BCUT2D eigenvalue weighted by atomic mass is 10.1. The van der Waals surface area contributed by atoms with Crippen molar-refractivity contribution in [2.75, 3.05) is 20.3 Å². The SMILES string of the molecule is CCOC(=O)CCCN1C(=O)NC(=O)C1=Cc1ccc(OC)cc1. The number of hydrogen-bond acceptors (Lipinski definition) is 5. The second-order valence-electron chi connectivity index (χ2n) is 5.12. The van der Waals surface area contributed by atoms with Gasteiger partial charge >= 0.3 is 12.0 Å². The molecule has 1 aromatic carbocycles. The highest BCUT2D eigenvalue weighted by molar-refractivity contribution is 6.13. The first-order valence-corrected chi connectivity index (χ1v) is 7.69. The summed E-state index contributed by atoms with van der Waals surface area (Å²) in [5.74, 6) is -0.0635. The van der Waals surface area contributed by atoms with Crippen molar-refractivity contribution in [2.24, 2.45) is 0 Å². The molecule has 0 unspecified atom stereocenters. The maximum atomic E-state index is 12.0. The van der Waals surface area contributed by atoms with Crippen LogP contribution in [-0.2, 0) is 14.3 Å². The van der Waals surface area contributed by atoms with Gasteiger partial charge in [-0.1, -0.05) is 12.1 Å². The zero-order valence-electron chi connectivity index (χ0n) is 13.7. The zero-order valence-corrected chi connectivity index (χ0v) is 13.7. The van der Waals surface area contributed by atoms with E-state index in [1.807, 2.05) is 0 Å². The van der Waals surface area contributed by atoms with Crippen LogP contribution in [-0.4, -0.2) is 43.1 Å². The van der Waals surface area contributed by atoms with E-state index < -0.39 is 11.9 Å². The molecule has 24 heavy (non-hydrogen) atoms. The average molecular weight is 332 g/mol. The average Bonchev–Trinajstić information content (AvgIpc) is 2.83. The highest BCUT2D eigenvalue weighted by Gasteiger charge is 2.32. The molecule has 0 radical (unpaired) electrons. The monoisotopic (exact) mass is 332 g/mol. The van der Waals surface area contributed by atoms with Gasteiger partial charge < -0.3 is 9.47 Å². The molecule has 1 aromatic rings.